The monoisotopic (exact) mass is 516 g/mol. The van der Waals surface area contributed by atoms with Crippen molar-refractivity contribution in [1.29, 1.82) is 0 Å². The number of hydrogen-bond donors (Lipinski definition) is 1. The van der Waals surface area contributed by atoms with E-state index in [9.17, 15) is 26.4 Å². The molecule has 1 N–H and O–H groups in total. The first-order valence-electron chi connectivity index (χ1n) is 10.9. The Bertz CT molecular complexity index is 1570. The molecule has 0 atom stereocenters. The predicted octanol–water partition coefficient (Wildman–Crippen LogP) is 5.88. The van der Waals surface area contributed by atoms with E-state index in [1.807, 2.05) is 26.8 Å². The summed E-state index contributed by atoms with van der Waals surface area (Å²) in [6.07, 6.45) is -3.49. The van der Waals surface area contributed by atoms with Gasteiger partial charge >= 0.3 is 12.1 Å². The van der Waals surface area contributed by atoms with Gasteiger partial charge in [0, 0.05) is 29.4 Å². The van der Waals surface area contributed by atoms with Crippen LogP contribution < -0.4 is 0 Å². The third-order valence-electron chi connectivity index (χ3n) is 5.83. The van der Waals surface area contributed by atoms with E-state index in [0.29, 0.717) is 5.69 Å². The Labute approximate surface area is 206 Å². The maximum atomic E-state index is 13.9. The van der Waals surface area contributed by atoms with Crippen LogP contribution in [0.5, 0.6) is 0 Å². The van der Waals surface area contributed by atoms with Crippen LogP contribution in [0.25, 0.3) is 10.9 Å². The first-order chi connectivity index (χ1) is 16.7. The molecule has 0 aliphatic rings. The van der Waals surface area contributed by atoms with Gasteiger partial charge in [-0.25, -0.2) is 17.2 Å². The summed E-state index contributed by atoms with van der Waals surface area (Å²) < 4.78 is 68.8. The molecule has 0 saturated heterocycles. The highest BCUT2D eigenvalue weighted by Gasteiger charge is 2.32. The molecular weight excluding hydrogens is 493 g/mol. The third-order valence-corrected chi connectivity index (χ3v) is 7.59. The second-order valence-electron chi connectivity index (χ2n) is 9.47. The SMILES string of the molecule is CC(C)(C)c1cccc(S(=O)(=O)n2c(Cc3ccc(C(=O)O)cn3)cc3cc(C(F)(F)F)ccc32)c1. The Morgan fingerprint density at radius 2 is 1.69 bits per heavy atom. The fourth-order valence-corrected chi connectivity index (χ4v) is 5.49. The molecule has 4 rings (SSSR count). The van der Waals surface area contributed by atoms with Gasteiger partial charge in [-0.05, 0) is 59.5 Å². The van der Waals surface area contributed by atoms with Crippen LogP contribution in [0.4, 0.5) is 13.2 Å². The van der Waals surface area contributed by atoms with E-state index in [1.165, 1.54) is 24.3 Å². The summed E-state index contributed by atoms with van der Waals surface area (Å²) in [5.41, 5.74) is 0.174. The summed E-state index contributed by atoms with van der Waals surface area (Å²) >= 11 is 0. The van der Waals surface area contributed by atoms with Gasteiger partial charge in [-0.1, -0.05) is 32.9 Å². The smallest absolute Gasteiger partial charge is 0.416 e. The Hall–Kier alpha value is -3.66. The number of nitrogens with zero attached hydrogens (tertiary/aromatic N) is 2. The zero-order valence-electron chi connectivity index (χ0n) is 19.7. The molecule has 4 aromatic rings. The Kier molecular flexibility index (Phi) is 6.20. The minimum absolute atomic E-state index is 0.00255. The lowest BCUT2D eigenvalue weighted by Crippen LogP contribution is -2.18. The van der Waals surface area contributed by atoms with Gasteiger partial charge in [0.1, 0.15) is 0 Å². The summed E-state index contributed by atoms with van der Waals surface area (Å²) in [4.78, 5) is 15.2. The minimum atomic E-state index is -4.59. The number of aromatic nitrogens is 2. The molecule has 0 saturated carbocycles. The molecule has 6 nitrogen and oxygen atoms in total. The zero-order valence-corrected chi connectivity index (χ0v) is 20.5. The number of rotatable bonds is 5. The summed E-state index contributed by atoms with van der Waals surface area (Å²) in [6.45, 7) is 5.83. The van der Waals surface area contributed by atoms with Crippen LogP contribution in [0.1, 0.15) is 53.6 Å². The van der Waals surface area contributed by atoms with Gasteiger partial charge in [-0.2, -0.15) is 13.2 Å². The summed E-state index contributed by atoms with van der Waals surface area (Å²) in [7, 11) is -4.21. The van der Waals surface area contributed by atoms with Crippen molar-refractivity contribution in [2.24, 2.45) is 0 Å². The molecule has 2 aromatic heterocycles. The predicted molar refractivity (Wildman–Crippen MR) is 129 cm³/mol. The summed E-state index contributed by atoms with van der Waals surface area (Å²) in [5.74, 6) is -1.16. The maximum Gasteiger partial charge on any atom is 0.416 e. The molecule has 0 fully saturated rings. The van der Waals surface area contributed by atoms with Crippen LogP contribution in [0.2, 0.25) is 0 Å². The van der Waals surface area contributed by atoms with Gasteiger partial charge in [0.25, 0.3) is 10.0 Å². The molecule has 0 aliphatic heterocycles. The second-order valence-corrected chi connectivity index (χ2v) is 11.3. The zero-order chi connectivity index (χ0) is 26.5. The average Bonchev–Trinajstić information content (AvgIpc) is 3.16. The largest absolute Gasteiger partial charge is 0.478 e. The van der Waals surface area contributed by atoms with Crippen LogP contribution in [-0.4, -0.2) is 28.5 Å². The van der Waals surface area contributed by atoms with E-state index in [4.69, 9.17) is 5.11 Å². The van der Waals surface area contributed by atoms with Crippen molar-refractivity contribution in [2.75, 3.05) is 0 Å². The Morgan fingerprint density at radius 1 is 0.972 bits per heavy atom. The lowest BCUT2D eigenvalue weighted by atomic mass is 9.87. The van der Waals surface area contributed by atoms with Crippen molar-refractivity contribution in [1.82, 2.24) is 8.96 Å². The number of hydrogen-bond acceptors (Lipinski definition) is 4. The van der Waals surface area contributed by atoms with E-state index in [-0.39, 0.29) is 38.9 Å². The first kappa shape index (κ1) is 25.4. The third kappa shape index (κ3) is 4.86. The van der Waals surface area contributed by atoms with Gasteiger partial charge < -0.3 is 5.11 Å². The summed E-state index contributed by atoms with van der Waals surface area (Å²) in [5, 5.41) is 9.20. The molecular formula is C26H23F3N2O4S. The molecule has 10 heteroatoms. The van der Waals surface area contributed by atoms with E-state index in [0.717, 1.165) is 33.9 Å². The van der Waals surface area contributed by atoms with Gasteiger partial charge in [-0.15, -0.1) is 0 Å². The van der Waals surface area contributed by atoms with Crippen molar-refractivity contribution in [3.8, 4) is 0 Å². The molecule has 0 amide bonds. The van der Waals surface area contributed by atoms with E-state index < -0.39 is 27.7 Å². The Balaban J connectivity index is 1.92. The number of fused-ring (bicyclic) bond motifs is 1. The number of aromatic carboxylic acids is 1. The van der Waals surface area contributed by atoms with Gasteiger partial charge in [0.2, 0.25) is 0 Å². The normalized spacial score (nSPS) is 12.7. The van der Waals surface area contributed by atoms with Crippen LogP contribution in [0.3, 0.4) is 0 Å². The van der Waals surface area contributed by atoms with Crippen molar-refractivity contribution in [3.63, 3.8) is 0 Å². The molecule has 0 spiro atoms. The van der Waals surface area contributed by atoms with Gasteiger partial charge in [0.05, 0.1) is 21.5 Å². The molecule has 2 aromatic carbocycles. The molecule has 188 valence electrons. The maximum absolute atomic E-state index is 13.9. The standard InChI is InChI=1S/C26H23F3N2O4S/c1-25(2,3)18-5-4-6-22(13-18)36(34,35)31-21(14-20-9-7-16(15-30-20)24(32)33)12-17-11-19(26(27,28)29)8-10-23(17)31/h4-13,15H,14H2,1-3H3,(H,32,33). The van der Waals surface area contributed by atoms with Crippen molar-refractivity contribution in [2.45, 2.75) is 43.7 Å². The van der Waals surface area contributed by atoms with Crippen molar-refractivity contribution < 1.29 is 31.5 Å². The van der Waals surface area contributed by atoms with E-state index in [2.05, 4.69) is 4.98 Å². The molecule has 36 heavy (non-hydrogen) atoms. The average molecular weight is 517 g/mol. The number of halogens is 3. The topological polar surface area (TPSA) is 89.3 Å². The van der Waals surface area contributed by atoms with Crippen molar-refractivity contribution >= 4 is 26.9 Å². The molecule has 0 bridgehead atoms. The van der Waals surface area contributed by atoms with E-state index in [1.54, 1.807) is 12.1 Å². The summed E-state index contributed by atoms with van der Waals surface area (Å²) in [6, 6.07) is 13.5. The highest BCUT2D eigenvalue weighted by atomic mass is 32.2. The fraction of sp³-hybridized carbons (Fsp3) is 0.231. The number of carboxylic acid groups (broad SMARTS) is 1. The second kappa shape index (κ2) is 8.77. The Morgan fingerprint density at radius 3 is 2.28 bits per heavy atom. The van der Waals surface area contributed by atoms with Crippen molar-refractivity contribution in [3.05, 3.63) is 94.9 Å². The molecule has 0 aliphatic carbocycles. The fourth-order valence-electron chi connectivity index (χ4n) is 3.90. The van der Waals surface area contributed by atoms with Crippen LogP contribution in [0, 0.1) is 0 Å². The molecule has 2 heterocycles. The van der Waals surface area contributed by atoms with Gasteiger partial charge in [0.15, 0.2) is 0 Å². The highest BCUT2D eigenvalue weighted by molar-refractivity contribution is 7.90. The van der Waals surface area contributed by atoms with Crippen LogP contribution in [0.15, 0.2) is 71.8 Å². The number of pyridine rings is 1. The first-order valence-corrected chi connectivity index (χ1v) is 12.4. The number of alkyl halides is 3. The van der Waals surface area contributed by atoms with Gasteiger partial charge in [-0.3, -0.25) is 4.98 Å². The number of benzene rings is 2. The van der Waals surface area contributed by atoms with Crippen LogP contribution >= 0.6 is 0 Å². The lowest BCUT2D eigenvalue weighted by molar-refractivity contribution is -0.137. The van der Waals surface area contributed by atoms with Crippen LogP contribution in [-0.2, 0) is 28.0 Å². The minimum Gasteiger partial charge on any atom is -0.478 e. The lowest BCUT2D eigenvalue weighted by Gasteiger charge is -2.20. The number of carboxylic acids is 1. The molecule has 0 unspecified atom stereocenters. The molecule has 0 radical (unpaired) electrons. The highest BCUT2D eigenvalue weighted by Crippen LogP contribution is 2.35. The number of carbonyl (C=O) groups is 1. The van der Waals surface area contributed by atoms with E-state index >= 15 is 0 Å². The quantitative estimate of drug-likeness (QED) is 0.358.